The first-order chi connectivity index (χ1) is 10.0. The molecule has 0 fully saturated rings. The van der Waals surface area contributed by atoms with Crippen LogP contribution in [0.3, 0.4) is 0 Å². The van der Waals surface area contributed by atoms with Crippen LogP contribution in [0.25, 0.3) is 0 Å². The third kappa shape index (κ3) is 4.06. The number of rotatable bonds is 5. The Labute approximate surface area is 138 Å². The Bertz CT molecular complexity index is 613. The lowest BCUT2D eigenvalue weighted by molar-refractivity contribution is 0.546. The number of benzene rings is 2. The molecular weight excluding hydrogens is 353 g/mol. The predicted molar refractivity (Wildman–Crippen MR) is 90.4 cm³/mol. The minimum Gasteiger partial charge on any atom is -0.306 e. The van der Waals surface area contributed by atoms with Crippen molar-refractivity contribution >= 4 is 27.5 Å². The number of aryl methyl sites for hydroxylation is 1. The predicted octanol–water partition coefficient (Wildman–Crippen LogP) is 5.64. The molecule has 0 amide bonds. The van der Waals surface area contributed by atoms with Gasteiger partial charge in [0, 0.05) is 10.0 Å². The largest absolute Gasteiger partial charge is 0.306 e. The first kappa shape index (κ1) is 16.5. The van der Waals surface area contributed by atoms with Gasteiger partial charge in [0.05, 0.1) is 11.1 Å². The third-order valence-corrected chi connectivity index (χ3v) is 4.56. The fourth-order valence-corrected chi connectivity index (χ4v) is 2.70. The highest BCUT2D eigenvalue weighted by molar-refractivity contribution is 9.10. The van der Waals surface area contributed by atoms with Gasteiger partial charge in [0.1, 0.15) is 5.82 Å². The van der Waals surface area contributed by atoms with Gasteiger partial charge in [0.15, 0.2) is 0 Å². The van der Waals surface area contributed by atoms with Gasteiger partial charge in [-0.1, -0.05) is 48.4 Å². The molecular formula is C17H18BrClFN. The van der Waals surface area contributed by atoms with Gasteiger partial charge in [-0.3, -0.25) is 0 Å². The summed E-state index contributed by atoms with van der Waals surface area (Å²) < 4.78 is 14.9. The van der Waals surface area contributed by atoms with Crippen LogP contribution < -0.4 is 5.32 Å². The summed E-state index contributed by atoms with van der Waals surface area (Å²) in [4.78, 5) is 0. The van der Waals surface area contributed by atoms with Crippen LogP contribution in [0.4, 0.5) is 4.39 Å². The van der Waals surface area contributed by atoms with Crippen molar-refractivity contribution in [3.05, 3.63) is 68.4 Å². The minimum atomic E-state index is -0.263. The summed E-state index contributed by atoms with van der Waals surface area (Å²) in [5.41, 5.74) is 2.79. The van der Waals surface area contributed by atoms with Crippen LogP contribution in [0.15, 0.2) is 40.9 Å². The topological polar surface area (TPSA) is 12.0 Å². The van der Waals surface area contributed by atoms with Crippen LogP contribution in [-0.2, 0) is 0 Å². The van der Waals surface area contributed by atoms with Crippen molar-refractivity contribution in [2.45, 2.75) is 26.3 Å². The maximum Gasteiger partial charge on any atom is 0.129 e. The lowest BCUT2D eigenvalue weighted by Gasteiger charge is -2.21. The fourth-order valence-electron chi connectivity index (χ4n) is 2.21. The standard InChI is InChI=1S/C17H18BrClFN/c1-3-8-21-17(12-6-4-11(2)5-7-12)13-9-15(19)14(18)10-16(13)20/h4-7,9-10,17,21H,3,8H2,1-2H3. The summed E-state index contributed by atoms with van der Waals surface area (Å²) in [6.45, 7) is 4.94. The van der Waals surface area contributed by atoms with Gasteiger partial charge in [-0.2, -0.15) is 0 Å². The molecule has 0 bridgehead atoms. The van der Waals surface area contributed by atoms with Gasteiger partial charge in [0.25, 0.3) is 0 Å². The minimum absolute atomic E-state index is 0.198. The van der Waals surface area contributed by atoms with E-state index in [9.17, 15) is 4.39 Å². The quantitative estimate of drug-likeness (QED) is 0.672. The van der Waals surface area contributed by atoms with Crippen molar-refractivity contribution in [1.29, 1.82) is 0 Å². The number of hydrogen-bond donors (Lipinski definition) is 1. The summed E-state index contributed by atoms with van der Waals surface area (Å²) >= 11 is 9.39. The van der Waals surface area contributed by atoms with Crippen LogP contribution in [0, 0.1) is 12.7 Å². The van der Waals surface area contributed by atoms with Gasteiger partial charge in [-0.05, 0) is 53.5 Å². The third-order valence-electron chi connectivity index (χ3n) is 3.36. The maximum absolute atomic E-state index is 14.3. The number of halogens is 3. The zero-order chi connectivity index (χ0) is 15.4. The van der Waals surface area contributed by atoms with Crippen molar-refractivity contribution in [2.75, 3.05) is 6.54 Å². The summed E-state index contributed by atoms with van der Waals surface area (Å²) in [6.07, 6.45) is 0.980. The summed E-state index contributed by atoms with van der Waals surface area (Å²) in [5.74, 6) is -0.263. The normalized spacial score (nSPS) is 12.4. The van der Waals surface area contributed by atoms with Crippen LogP contribution in [0.2, 0.25) is 5.02 Å². The molecule has 0 saturated heterocycles. The molecule has 0 heterocycles. The summed E-state index contributed by atoms with van der Waals surface area (Å²) in [7, 11) is 0. The van der Waals surface area contributed by atoms with Crippen LogP contribution in [-0.4, -0.2) is 6.54 Å². The van der Waals surface area contributed by atoms with E-state index < -0.39 is 0 Å². The molecule has 0 radical (unpaired) electrons. The van der Waals surface area contributed by atoms with Crippen molar-refractivity contribution < 1.29 is 4.39 Å². The van der Waals surface area contributed by atoms with E-state index in [1.54, 1.807) is 6.07 Å². The van der Waals surface area contributed by atoms with Crippen LogP contribution in [0.5, 0.6) is 0 Å². The molecule has 2 aromatic rings. The van der Waals surface area contributed by atoms with Crippen molar-refractivity contribution in [3.63, 3.8) is 0 Å². The van der Waals surface area contributed by atoms with Gasteiger partial charge >= 0.3 is 0 Å². The molecule has 0 spiro atoms. The molecule has 1 N–H and O–H groups in total. The molecule has 0 saturated carbocycles. The molecule has 2 rings (SSSR count). The molecule has 0 aliphatic carbocycles. The Balaban J connectivity index is 2.45. The summed E-state index contributed by atoms with van der Waals surface area (Å²) in [6, 6.07) is 11.0. The van der Waals surface area contributed by atoms with Crippen LogP contribution >= 0.6 is 27.5 Å². The lowest BCUT2D eigenvalue weighted by atomic mass is 9.97. The van der Waals surface area contributed by atoms with E-state index in [4.69, 9.17) is 11.6 Å². The average molecular weight is 371 g/mol. The van der Waals surface area contributed by atoms with E-state index in [0.717, 1.165) is 18.5 Å². The molecule has 0 aromatic heterocycles. The zero-order valence-corrected chi connectivity index (χ0v) is 14.4. The molecule has 21 heavy (non-hydrogen) atoms. The first-order valence-electron chi connectivity index (χ1n) is 6.97. The molecule has 1 atom stereocenters. The fraction of sp³-hybridized carbons (Fsp3) is 0.294. The Kier molecular flexibility index (Phi) is 5.80. The Morgan fingerprint density at radius 3 is 2.52 bits per heavy atom. The van der Waals surface area contributed by atoms with E-state index in [-0.39, 0.29) is 11.9 Å². The van der Waals surface area contributed by atoms with Crippen molar-refractivity contribution in [3.8, 4) is 0 Å². The monoisotopic (exact) mass is 369 g/mol. The smallest absolute Gasteiger partial charge is 0.129 e. The zero-order valence-electron chi connectivity index (χ0n) is 12.1. The van der Waals surface area contributed by atoms with Gasteiger partial charge in [-0.25, -0.2) is 4.39 Å². The van der Waals surface area contributed by atoms with Gasteiger partial charge < -0.3 is 5.32 Å². The van der Waals surface area contributed by atoms with Gasteiger partial charge in [0.2, 0.25) is 0 Å². The second kappa shape index (κ2) is 7.39. The first-order valence-corrected chi connectivity index (χ1v) is 8.14. The van der Waals surface area contributed by atoms with E-state index in [1.807, 2.05) is 31.2 Å². The highest BCUT2D eigenvalue weighted by Gasteiger charge is 2.19. The van der Waals surface area contributed by atoms with Crippen molar-refractivity contribution in [2.24, 2.45) is 0 Å². The summed E-state index contributed by atoms with van der Waals surface area (Å²) in [5, 5.41) is 3.91. The SMILES string of the molecule is CCCNC(c1ccc(C)cc1)c1cc(Cl)c(Br)cc1F. The molecule has 0 aliphatic heterocycles. The molecule has 1 unspecified atom stereocenters. The van der Waals surface area contributed by atoms with E-state index >= 15 is 0 Å². The Morgan fingerprint density at radius 2 is 1.90 bits per heavy atom. The van der Waals surface area contributed by atoms with Crippen molar-refractivity contribution in [1.82, 2.24) is 5.32 Å². The van der Waals surface area contributed by atoms with Gasteiger partial charge in [-0.15, -0.1) is 0 Å². The van der Waals surface area contributed by atoms with Crippen LogP contribution in [0.1, 0.15) is 36.1 Å². The van der Waals surface area contributed by atoms with E-state index in [2.05, 4.69) is 28.2 Å². The van der Waals surface area contributed by atoms with E-state index in [0.29, 0.717) is 15.1 Å². The number of nitrogens with one attached hydrogen (secondary N) is 1. The highest BCUT2D eigenvalue weighted by Crippen LogP contribution is 2.31. The molecule has 0 aliphatic rings. The molecule has 1 nitrogen and oxygen atoms in total. The highest BCUT2D eigenvalue weighted by atomic mass is 79.9. The lowest BCUT2D eigenvalue weighted by Crippen LogP contribution is -2.24. The second-order valence-corrected chi connectivity index (χ2v) is 6.35. The molecule has 2 aromatic carbocycles. The average Bonchev–Trinajstić information content (AvgIpc) is 2.46. The Morgan fingerprint density at radius 1 is 1.24 bits per heavy atom. The maximum atomic E-state index is 14.3. The molecule has 4 heteroatoms. The number of hydrogen-bond acceptors (Lipinski definition) is 1. The molecule has 112 valence electrons. The second-order valence-electron chi connectivity index (χ2n) is 5.09. The Hall–Kier alpha value is -0.900. The van der Waals surface area contributed by atoms with E-state index in [1.165, 1.54) is 11.6 Å².